The number of pyridine rings is 1. The molecule has 10 rings (SSSR count). The van der Waals surface area contributed by atoms with Crippen molar-refractivity contribution in [1.29, 1.82) is 0 Å². The number of likely N-dealkylation sites (tertiary alicyclic amines) is 2. The number of piperazine rings is 1. The highest BCUT2D eigenvalue weighted by atomic mass is 19.1. The molecule has 358 valence electrons. The van der Waals surface area contributed by atoms with E-state index in [4.69, 9.17) is 4.74 Å². The van der Waals surface area contributed by atoms with Crippen LogP contribution in [0, 0.1) is 23.0 Å². The third kappa shape index (κ3) is 10.3. The van der Waals surface area contributed by atoms with E-state index in [0.717, 1.165) is 76.2 Å². The second kappa shape index (κ2) is 19.7. The van der Waals surface area contributed by atoms with Crippen molar-refractivity contribution in [3.63, 3.8) is 0 Å². The van der Waals surface area contributed by atoms with Crippen molar-refractivity contribution in [3.05, 3.63) is 114 Å². The molecule has 1 unspecified atom stereocenters. The molecule has 4 aromatic carbocycles. The number of hydrogen-bond donors (Lipinski definition) is 4. The molecule has 4 saturated heterocycles. The molecular weight excluding hydrogens is 883 g/mol. The fraction of sp³-hybridized carbons (Fsp3) is 0.396. The minimum absolute atomic E-state index is 0.170. The van der Waals surface area contributed by atoms with Crippen molar-refractivity contribution in [1.82, 2.24) is 20.1 Å². The molecule has 4 amide bonds. The Kier molecular flexibility index (Phi) is 13.1. The van der Waals surface area contributed by atoms with Crippen molar-refractivity contribution < 1.29 is 37.5 Å². The van der Waals surface area contributed by atoms with Gasteiger partial charge in [-0.25, -0.2) is 8.78 Å². The van der Waals surface area contributed by atoms with Crippen LogP contribution in [0.4, 0.5) is 31.5 Å². The van der Waals surface area contributed by atoms with Crippen molar-refractivity contribution >= 4 is 63.1 Å². The number of rotatable bonds is 17. The summed E-state index contributed by atoms with van der Waals surface area (Å²) in [4.78, 5) is 74.5. The standard InChI is InChI=1S/C53H56F2N8O6/c54-35-5-9-37(10-6-35)58-51(67)53(20-21-53)52(68)59-38-11-13-42(14-12-38)69-48-17-22-56-46-28-47(45(55)27-44(46)48)61-24-18-33(19-25-61)30-63-32-39-26-40(63)31-62(39)23-1-2-41(64)29-57-36-7-3-34(4-8-36)43-15-16-49(65)60-50(43)66/h3-14,17,22,27-28,33,39-40,43,57H,1-2,15-16,18-21,23-26,29-32H2,(H,58,67)(H,59,68)(H,60,65,66)/t39-,40-,43?/m0/s1. The monoisotopic (exact) mass is 938 g/mol. The highest BCUT2D eigenvalue weighted by Gasteiger charge is 2.56. The molecule has 5 aromatic rings. The Morgan fingerprint density at radius 2 is 1.46 bits per heavy atom. The number of hydrogen-bond acceptors (Lipinski definition) is 11. The molecule has 14 nitrogen and oxygen atoms in total. The zero-order valence-corrected chi connectivity index (χ0v) is 38.4. The smallest absolute Gasteiger partial charge is 0.240 e. The number of amides is 4. The van der Waals surface area contributed by atoms with Crippen LogP contribution in [0.2, 0.25) is 0 Å². The summed E-state index contributed by atoms with van der Waals surface area (Å²) in [5.41, 5.74) is 2.57. The molecule has 0 radical (unpaired) electrons. The van der Waals surface area contributed by atoms with Crippen LogP contribution in [-0.2, 0) is 24.0 Å². The number of nitrogens with zero attached hydrogens (tertiary/aromatic N) is 4. The van der Waals surface area contributed by atoms with Crippen LogP contribution in [0.1, 0.15) is 69.3 Å². The Morgan fingerprint density at radius 1 is 0.797 bits per heavy atom. The normalized spacial score (nSPS) is 21.2. The first-order chi connectivity index (χ1) is 33.5. The number of Topliss-reactive ketones (excluding diaryl/α,β-unsaturated/α-hetero) is 1. The topological polar surface area (TPSA) is 165 Å². The lowest BCUT2D eigenvalue weighted by Crippen LogP contribution is -2.49. The highest BCUT2D eigenvalue weighted by molar-refractivity contribution is 6.17. The Hall–Kier alpha value is -6.78. The molecule has 69 heavy (non-hydrogen) atoms. The fourth-order valence-corrected chi connectivity index (χ4v) is 10.5. The van der Waals surface area contributed by atoms with E-state index in [1.165, 1.54) is 30.3 Å². The number of ether oxygens (including phenoxy) is 1. The summed E-state index contributed by atoms with van der Waals surface area (Å²) in [7, 11) is 0. The molecule has 1 aromatic heterocycles. The summed E-state index contributed by atoms with van der Waals surface area (Å²) in [5, 5.41) is 11.7. The van der Waals surface area contributed by atoms with Gasteiger partial charge in [0.05, 0.1) is 23.7 Å². The molecule has 4 N–H and O–H groups in total. The molecule has 1 aliphatic carbocycles. The van der Waals surface area contributed by atoms with Crippen LogP contribution in [0.25, 0.3) is 10.9 Å². The van der Waals surface area contributed by atoms with Gasteiger partial charge in [-0.1, -0.05) is 12.1 Å². The molecule has 4 aliphatic heterocycles. The van der Waals surface area contributed by atoms with Crippen LogP contribution < -0.4 is 30.9 Å². The number of carbonyl (C=O) groups is 5. The van der Waals surface area contributed by atoms with Crippen LogP contribution in [-0.4, -0.2) is 102 Å². The average Bonchev–Trinajstić information content (AvgIpc) is 3.96. The first-order valence-electron chi connectivity index (χ1n) is 24.1. The van der Waals surface area contributed by atoms with Crippen LogP contribution in [0.5, 0.6) is 11.5 Å². The molecule has 2 bridgehead atoms. The maximum atomic E-state index is 15.9. The predicted molar refractivity (Wildman–Crippen MR) is 258 cm³/mol. The molecule has 5 fully saturated rings. The Balaban J connectivity index is 0.646. The number of benzene rings is 4. The van der Waals surface area contributed by atoms with E-state index in [1.807, 2.05) is 24.3 Å². The molecule has 5 heterocycles. The Morgan fingerprint density at radius 3 is 2.13 bits per heavy atom. The summed E-state index contributed by atoms with van der Waals surface area (Å²) in [6.45, 7) is 5.83. The van der Waals surface area contributed by atoms with Crippen LogP contribution in [0.15, 0.2) is 97.2 Å². The van der Waals surface area contributed by atoms with Crippen LogP contribution in [0.3, 0.4) is 0 Å². The summed E-state index contributed by atoms with van der Waals surface area (Å²) in [6, 6.07) is 25.7. The SMILES string of the molecule is O=C(CCCN1C[C@@H]2C[C@H]1CN2CC1CCN(c2cc3nccc(Oc4ccc(NC(=O)C5(C(=O)Nc6ccc(F)cc6)CC5)cc4)c3cc2F)CC1)CNc1ccc(C2CCC(=O)NC2=O)cc1. The van der Waals surface area contributed by atoms with Gasteiger partial charge in [0.1, 0.15) is 28.5 Å². The number of fused-ring (bicyclic) bond motifs is 3. The number of carbonyl (C=O) groups excluding carboxylic acids is 5. The third-order valence-corrected chi connectivity index (χ3v) is 14.7. The number of imide groups is 1. The lowest BCUT2D eigenvalue weighted by Gasteiger charge is -2.39. The van der Waals surface area contributed by atoms with E-state index >= 15 is 4.39 Å². The van der Waals surface area contributed by atoms with Crippen molar-refractivity contribution in [2.75, 3.05) is 66.7 Å². The fourth-order valence-electron chi connectivity index (χ4n) is 10.5. The van der Waals surface area contributed by atoms with Crippen molar-refractivity contribution in [2.45, 2.75) is 75.8 Å². The minimum atomic E-state index is -1.19. The van der Waals surface area contributed by atoms with Gasteiger partial charge in [0.25, 0.3) is 0 Å². The van der Waals surface area contributed by atoms with E-state index in [2.05, 4.69) is 41.0 Å². The molecule has 5 aliphatic rings. The van der Waals surface area contributed by atoms with E-state index in [1.54, 1.807) is 42.6 Å². The van der Waals surface area contributed by atoms with Gasteiger partial charge in [-0.05, 0) is 142 Å². The minimum Gasteiger partial charge on any atom is -0.457 e. The molecular formula is C53H56F2N8O6. The average molecular weight is 939 g/mol. The molecule has 0 spiro atoms. The quantitative estimate of drug-likeness (QED) is 0.0536. The highest BCUT2D eigenvalue weighted by Crippen LogP contribution is 2.48. The number of ketones is 1. The molecule has 3 atom stereocenters. The molecule has 16 heteroatoms. The Bertz CT molecular complexity index is 2740. The largest absolute Gasteiger partial charge is 0.457 e. The zero-order valence-electron chi connectivity index (χ0n) is 38.4. The van der Waals surface area contributed by atoms with Gasteiger partial charge in [0.2, 0.25) is 23.6 Å². The van der Waals surface area contributed by atoms with Gasteiger partial charge in [-0.3, -0.25) is 44.1 Å². The van der Waals surface area contributed by atoms with E-state index in [0.29, 0.717) is 89.6 Å². The van der Waals surface area contributed by atoms with Gasteiger partial charge >= 0.3 is 0 Å². The molecule has 1 saturated carbocycles. The lowest BCUT2D eigenvalue weighted by atomic mass is 9.90. The summed E-state index contributed by atoms with van der Waals surface area (Å²) < 4.78 is 35.4. The number of nitrogens with one attached hydrogen (secondary N) is 4. The lowest BCUT2D eigenvalue weighted by molar-refractivity contribution is -0.134. The first kappa shape index (κ1) is 46.0. The second-order valence-electron chi connectivity index (χ2n) is 19.3. The van der Waals surface area contributed by atoms with Crippen LogP contribution >= 0.6 is 0 Å². The third-order valence-electron chi connectivity index (χ3n) is 14.7. The van der Waals surface area contributed by atoms with Crippen molar-refractivity contribution in [3.8, 4) is 11.5 Å². The summed E-state index contributed by atoms with van der Waals surface area (Å²) in [5.74, 6) is -0.773. The first-order valence-corrected chi connectivity index (χ1v) is 24.1. The number of piperidine rings is 2. The predicted octanol–water partition coefficient (Wildman–Crippen LogP) is 7.62. The van der Waals surface area contributed by atoms with Crippen molar-refractivity contribution in [2.24, 2.45) is 11.3 Å². The number of aromatic nitrogens is 1. The second-order valence-corrected chi connectivity index (χ2v) is 19.3. The maximum Gasteiger partial charge on any atom is 0.240 e. The number of anilines is 4. The maximum absolute atomic E-state index is 15.9. The zero-order chi connectivity index (χ0) is 47.6. The Labute approximate surface area is 399 Å². The van der Waals surface area contributed by atoms with Gasteiger partial charge in [-0.15, -0.1) is 0 Å². The van der Waals surface area contributed by atoms with Gasteiger partial charge in [0.15, 0.2) is 5.78 Å². The van der Waals surface area contributed by atoms with Gasteiger partial charge < -0.3 is 25.6 Å². The summed E-state index contributed by atoms with van der Waals surface area (Å²) >= 11 is 0. The van der Waals surface area contributed by atoms with E-state index in [-0.39, 0.29) is 35.9 Å². The number of halogens is 2. The van der Waals surface area contributed by atoms with E-state index < -0.39 is 23.0 Å². The van der Waals surface area contributed by atoms with Gasteiger partial charge in [0, 0.05) is 86.3 Å². The van der Waals surface area contributed by atoms with E-state index in [9.17, 15) is 28.4 Å². The van der Waals surface area contributed by atoms with Gasteiger partial charge in [-0.2, -0.15) is 0 Å². The summed E-state index contributed by atoms with van der Waals surface area (Å²) in [6.07, 6.45) is 7.78.